The fraction of sp³-hybridized carbons (Fsp3) is 0.286. The lowest BCUT2D eigenvalue weighted by Gasteiger charge is -2.11. The Hall–Kier alpha value is -0.990. The quantitative estimate of drug-likeness (QED) is 0.736. The van der Waals surface area contributed by atoms with Crippen molar-refractivity contribution in [1.82, 2.24) is 0 Å². The van der Waals surface area contributed by atoms with Gasteiger partial charge in [-0.2, -0.15) is 0 Å². The highest BCUT2D eigenvalue weighted by atomic mass is 35.5. The molecule has 0 saturated carbocycles. The van der Waals surface area contributed by atoms with Crippen molar-refractivity contribution >= 4 is 22.9 Å². The molecule has 0 aliphatic carbocycles. The molecule has 1 nitrogen and oxygen atoms in total. The Balaban J connectivity index is 2.17. The molecule has 0 aliphatic rings. The van der Waals surface area contributed by atoms with E-state index >= 15 is 0 Å². The van der Waals surface area contributed by atoms with Crippen LogP contribution in [0.15, 0.2) is 35.7 Å². The van der Waals surface area contributed by atoms with Crippen molar-refractivity contribution in [1.29, 1.82) is 0 Å². The lowest BCUT2D eigenvalue weighted by Crippen LogP contribution is -1.97. The predicted octanol–water partition coefficient (Wildman–Crippen LogP) is 4.59. The van der Waals surface area contributed by atoms with E-state index in [9.17, 15) is 0 Å². The topological polar surface area (TPSA) is 9.23 Å². The molecule has 0 radical (unpaired) electrons. The molecular weight excluding hydrogens is 252 g/mol. The van der Waals surface area contributed by atoms with E-state index in [2.05, 4.69) is 25.1 Å². The Morgan fingerprint density at radius 1 is 1.29 bits per heavy atom. The lowest BCUT2D eigenvalue weighted by atomic mass is 10.0. The lowest BCUT2D eigenvalue weighted by molar-refractivity contribution is 0.412. The van der Waals surface area contributed by atoms with Gasteiger partial charge < -0.3 is 4.74 Å². The van der Waals surface area contributed by atoms with Crippen molar-refractivity contribution in [3.05, 3.63) is 51.7 Å². The Bertz CT molecular complexity index is 492. The van der Waals surface area contributed by atoms with Crippen molar-refractivity contribution < 1.29 is 4.74 Å². The smallest absolute Gasteiger partial charge is 0.134 e. The molecule has 0 saturated heterocycles. The van der Waals surface area contributed by atoms with Gasteiger partial charge in [-0.05, 0) is 35.9 Å². The van der Waals surface area contributed by atoms with Gasteiger partial charge in [0.25, 0.3) is 0 Å². The minimum Gasteiger partial charge on any atom is -0.496 e. The summed E-state index contributed by atoms with van der Waals surface area (Å²) in [4.78, 5) is 1.11. The number of methoxy groups -OCH3 is 1. The van der Waals surface area contributed by atoms with Crippen LogP contribution in [0.25, 0.3) is 0 Å². The van der Waals surface area contributed by atoms with Crippen LogP contribution >= 0.6 is 22.9 Å². The van der Waals surface area contributed by atoms with Crippen LogP contribution in [0.1, 0.15) is 21.4 Å². The maximum atomic E-state index is 6.47. The number of alkyl halides is 1. The third kappa shape index (κ3) is 2.82. The highest BCUT2D eigenvalue weighted by Crippen LogP contribution is 2.37. The summed E-state index contributed by atoms with van der Waals surface area (Å²) >= 11 is 8.12. The van der Waals surface area contributed by atoms with Crippen LogP contribution < -0.4 is 4.74 Å². The van der Waals surface area contributed by atoms with Crippen LogP contribution in [0.5, 0.6) is 5.75 Å². The van der Waals surface area contributed by atoms with Crippen LogP contribution in [-0.2, 0) is 6.42 Å². The first-order chi connectivity index (χ1) is 8.22. The zero-order chi connectivity index (χ0) is 12.3. The molecule has 3 heteroatoms. The average Bonchev–Trinajstić information content (AvgIpc) is 2.80. The summed E-state index contributed by atoms with van der Waals surface area (Å²) in [5, 5.41) is 1.99. The molecule has 1 atom stereocenters. The van der Waals surface area contributed by atoms with Crippen LogP contribution in [0.2, 0.25) is 0 Å². The first kappa shape index (κ1) is 12.5. The molecule has 1 aromatic carbocycles. The van der Waals surface area contributed by atoms with Gasteiger partial charge in [0, 0.05) is 0 Å². The zero-order valence-corrected chi connectivity index (χ0v) is 11.5. The molecule has 0 fully saturated rings. The van der Waals surface area contributed by atoms with E-state index in [4.69, 9.17) is 16.3 Å². The number of rotatable bonds is 4. The second kappa shape index (κ2) is 5.56. The van der Waals surface area contributed by atoms with Crippen molar-refractivity contribution in [3.63, 3.8) is 0 Å². The number of thiophene rings is 1. The van der Waals surface area contributed by atoms with E-state index in [0.29, 0.717) is 0 Å². The van der Waals surface area contributed by atoms with Gasteiger partial charge in [0.05, 0.1) is 17.4 Å². The molecular formula is C14H15ClOS. The van der Waals surface area contributed by atoms with Gasteiger partial charge >= 0.3 is 0 Å². The van der Waals surface area contributed by atoms with E-state index in [1.165, 1.54) is 11.1 Å². The molecule has 2 rings (SSSR count). The fourth-order valence-electron chi connectivity index (χ4n) is 1.83. The normalized spacial score (nSPS) is 12.4. The Morgan fingerprint density at radius 3 is 2.76 bits per heavy atom. The highest BCUT2D eigenvalue weighted by molar-refractivity contribution is 7.10. The van der Waals surface area contributed by atoms with Gasteiger partial charge in [0.1, 0.15) is 5.75 Å². The monoisotopic (exact) mass is 266 g/mol. The van der Waals surface area contributed by atoms with Gasteiger partial charge in [-0.1, -0.05) is 24.3 Å². The first-order valence-corrected chi connectivity index (χ1v) is 6.84. The van der Waals surface area contributed by atoms with Crippen molar-refractivity contribution in [2.75, 3.05) is 7.11 Å². The summed E-state index contributed by atoms with van der Waals surface area (Å²) in [5.74, 6) is 0.892. The highest BCUT2D eigenvalue weighted by Gasteiger charge is 2.16. The van der Waals surface area contributed by atoms with Crippen molar-refractivity contribution in [2.45, 2.75) is 18.7 Å². The first-order valence-electron chi connectivity index (χ1n) is 5.52. The number of hydrogen-bond donors (Lipinski definition) is 0. The van der Waals surface area contributed by atoms with Crippen molar-refractivity contribution in [2.24, 2.45) is 0 Å². The van der Waals surface area contributed by atoms with Crippen molar-refractivity contribution in [3.8, 4) is 5.75 Å². The second-order valence-corrected chi connectivity index (χ2v) is 5.43. The Morgan fingerprint density at radius 2 is 2.06 bits per heavy atom. The summed E-state index contributed by atoms with van der Waals surface area (Å²) in [6, 6.07) is 10.3. The summed E-state index contributed by atoms with van der Waals surface area (Å²) in [5.41, 5.74) is 2.58. The molecule has 2 aromatic rings. The Kier molecular flexibility index (Phi) is 4.08. The van der Waals surface area contributed by atoms with E-state index in [1.54, 1.807) is 18.4 Å². The maximum Gasteiger partial charge on any atom is 0.134 e. The van der Waals surface area contributed by atoms with Crippen LogP contribution in [0.3, 0.4) is 0 Å². The summed E-state index contributed by atoms with van der Waals surface area (Å²) < 4.78 is 5.30. The summed E-state index contributed by atoms with van der Waals surface area (Å²) in [7, 11) is 1.68. The number of benzene rings is 1. The summed E-state index contributed by atoms with van der Waals surface area (Å²) in [6.07, 6.45) is 0.838. The number of hydrogen-bond acceptors (Lipinski definition) is 2. The van der Waals surface area contributed by atoms with Gasteiger partial charge in [-0.25, -0.2) is 0 Å². The van der Waals surface area contributed by atoms with Gasteiger partial charge in [0.15, 0.2) is 0 Å². The molecule has 0 aliphatic heterocycles. The minimum atomic E-state index is -0.0222. The molecule has 1 unspecified atom stereocenters. The van der Waals surface area contributed by atoms with E-state index < -0.39 is 0 Å². The van der Waals surface area contributed by atoms with E-state index in [-0.39, 0.29) is 5.38 Å². The molecule has 0 amide bonds. The predicted molar refractivity (Wildman–Crippen MR) is 74.3 cm³/mol. The van der Waals surface area contributed by atoms with Gasteiger partial charge in [-0.3, -0.25) is 0 Å². The van der Waals surface area contributed by atoms with Gasteiger partial charge in [-0.15, -0.1) is 22.9 Å². The van der Waals surface area contributed by atoms with Gasteiger partial charge in [0.2, 0.25) is 0 Å². The molecule has 1 aromatic heterocycles. The molecule has 0 spiro atoms. The fourth-order valence-corrected chi connectivity index (χ4v) is 3.10. The molecule has 90 valence electrons. The number of aryl methyl sites for hydroxylation is 1. The molecule has 0 bridgehead atoms. The standard InChI is InChI=1S/C14H15ClOS/c1-10-5-3-4-6-11(10)9-12(15)14-13(16-2)7-8-17-14/h3-8,12H,9H2,1-2H3. The van der Waals surface area contributed by atoms with Crippen LogP contribution in [-0.4, -0.2) is 7.11 Å². The maximum absolute atomic E-state index is 6.47. The largest absolute Gasteiger partial charge is 0.496 e. The third-order valence-corrected chi connectivity index (χ3v) is 4.34. The Labute approximate surface area is 111 Å². The van der Waals surface area contributed by atoms with Crippen LogP contribution in [0.4, 0.5) is 0 Å². The SMILES string of the molecule is COc1ccsc1C(Cl)Cc1ccccc1C. The third-order valence-electron chi connectivity index (χ3n) is 2.82. The molecule has 1 heterocycles. The minimum absolute atomic E-state index is 0.0222. The number of halogens is 1. The summed E-state index contributed by atoms with van der Waals surface area (Å²) in [6.45, 7) is 2.12. The number of ether oxygens (including phenoxy) is 1. The average molecular weight is 267 g/mol. The van der Waals surface area contributed by atoms with E-state index in [0.717, 1.165) is 17.0 Å². The van der Waals surface area contributed by atoms with Crippen LogP contribution in [0, 0.1) is 6.92 Å². The zero-order valence-electron chi connectivity index (χ0n) is 9.94. The second-order valence-electron chi connectivity index (χ2n) is 3.95. The molecule has 0 N–H and O–H groups in total. The molecule has 17 heavy (non-hydrogen) atoms. The van der Waals surface area contributed by atoms with E-state index in [1.807, 2.05) is 17.5 Å².